The summed E-state index contributed by atoms with van der Waals surface area (Å²) in [6.07, 6.45) is 0. The van der Waals surface area contributed by atoms with E-state index < -0.39 is 12.0 Å². The van der Waals surface area contributed by atoms with Crippen LogP contribution in [0.4, 0.5) is 11.4 Å². The zero-order valence-electron chi connectivity index (χ0n) is 15.0. The molecule has 0 bridgehead atoms. The van der Waals surface area contributed by atoms with Crippen LogP contribution >= 0.6 is 0 Å². The van der Waals surface area contributed by atoms with Crippen LogP contribution in [0.1, 0.15) is 22.3 Å². The molecule has 2 aromatic carbocycles. The maximum atomic E-state index is 11.9. The molecule has 1 saturated heterocycles. The van der Waals surface area contributed by atoms with Crippen molar-refractivity contribution in [3.63, 3.8) is 0 Å². The lowest BCUT2D eigenvalue weighted by Crippen LogP contribution is -2.41. The van der Waals surface area contributed by atoms with Crippen LogP contribution in [0.3, 0.4) is 0 Å². The lowest BCUT2D eigenvalue weighted by molar-refractivity contribution is -0.137. The fourth-order valence-electron chi connectivity index (χ4n) is 3.68. The number of para-hydroxylation sites is 2. The predicted molar refractivity (Wildman–Crippen MR) is 101 cm³/mol. The van der Waals surface area contributed by atoms with Crippen LogP contribution in [-0.2, 0) is 4.79 Å². The molecular weight excluding hydrogens is 314 g/mol. The van der Waals surface area contributed by atoms with E-state index in [9.17, 15) is 9.90 Å². The number of nitrogens with one attached hydrogen (secondary N) is 1. The molecule has 5 nitrogen and oxygen atoms in total. The topological polar surface area (TPSA) is 67.6 Å². The fourth-order valence-corrected chi connectivity index (χ4v) is 3.68. The number of carbonyl (C=O) groups is 1. The van der Waals surface area contributed by atoms with E-state index in [-0.39, 0.29) is 12.5 Å². The first-order valence-electron chi connectivity index (χ1n) is 8.33. The van der Waals surface area contributed by atoms with Crippen LogP contribution in [0.5, 0.6) is 0 Å². The molecule has 130 valence electrons. The highest BCUT2D eigenvalue weighted by Gasteiger charge is 2.42. The van der Waals surface area contributed by atoms with Gasteiger partial charge in [-0.15, -0.1) is 0 Å². The summed E-state index contributed by atoms with van der Waals surface area (Å²) < 4.78 is 0. The largest absolute Gasteiger partial charge is 0.480 e. The van der Waals surface area contributed by atoms with E-state index in [0.717, 1.165) is 33.6 Å². The summed E-state index contributed by atoms with van der Waals surface area (Å²) in [5.74, 6) is -0.705. The Labute approximate surface area is 148 Å². The van der Waals surface area contributed by atoms with E-state index in [1.54, 1.807) is 4.90 Å². The number of aryl methyl sites for hydroxylation is 4. The molecule has 0 radical (unpaired) electrons. The summed E-state index contributed by atoms with van der Waals surface area (Å²) >= 11 is 0. The quantitative estimate of drug-likeness (QED) is 0.897. The Morgan fingerprint density at radius 3 is 1.84 bits per heavy atom. The number of hydrogen-bond donors (Lipinski definition) is 2. The average molecular weight is 337 g/mol. The number of nitrogens with zero attached hydrogens (tertiary/aromatic N) is 2. The summed E-state index contributed by atoms with van der Waals surface area (Å²) in [6.45, 7) is 8.15. The number of benzene rings is 2. The Bertz CT molecular complexity index is 820. The van der Waals surface area contributed by atoms with Crippen LogP contribution in [0.15, 0.2) is 36.4 Å². The highest BCUT2D eigenvalue weighted by Crippen LogP contribution is 2.35. The molecule has 25 heavy (non-hydrogen) atoms. The van der Waals surface area contributed by atoms with Crippen molar-refractivity contribution in [3.05, 3.63) is 58.7 Å². The summed E-state index contributed by atoms with van der Waals surface area (Å²) in [7, 11) is 0. The van der Waals surface area contributed by atoms with Crippen molar-refractivity contribution < 1.29 is 9.90 Å². The molecule has 0 spiro atoms. The average Bonchev–Trinajstić information content (AvgIpc) is 2.85. The van der Waals surface area contributed by atoms with Crippen LogP contribution in [-0.4, -0.2) is 29.6 Å². The van der Waals surface area contributed by atoms with Crippen molar-refractivity contribution >= 4 is 23.3 Å². The minimum atomic E-state index is -0.916. The van der Waals surface area contributed by atoms with Gasteiger partial charge in [0.1, 0.15) is 0 Å². The number of carboxylic acids is 1. The maximum absolute atomic E-state index is 11.9. The minimum absolute atomic E-state index is 0.210. The number of anilines is 2. The second-order valence-corrected chi connectivity index (χ2v) is 6.64. The monoisotopic (exact) mass is 337 g/mol. The van der Waals surface area contributed by atoms with Crippen LogP contribution in [0, 0.1) is 33.1 Å². The molecule has 1 atom stereocenters. The van der Waals surface area contributed by atoms with E-state index in [1.165, 1.54) is 0 Å². The Morgan fingerprint density at radius 1 is 0.960 bits per heavy atom. The molecule has 0 aliphatic carbocycles. The van der Waals surface area contributed by atoms with Gasteiger partial charge in [-0.2, -0.15) is 0 Å². The van der Waals surface area contributed by atoms with Crippen molar-refractivity contribution in [2.45, 2.75) is 33.7 Å². The van der Waals surface area contributed by atoms with Gasteiger partial charge in [0, 0.05) is 5.69 Å². The Kier molecular flexibility index (Phi) is 4.25. The molecular formula is C20H23N3O2. The Morgan fingerprint density at radius 2 is 1.40 bits per heavy atom. The predicted octanol–water partition coefficient (Wildman–Crippen LogP) is 3.63. The molecule has 1 aliphatic rings. The number of aliphatic carboxylic acids is 1. The summed E-state index contributed by atoms with van der Waals surface area (Å²) in [5, 5.41) is 18.5. The van der Waals surface area contributed by atoms with Crippen molar-refractivity contribution in [3.8, 4) is 0 Å². The molecule has 1 fully saturated rings. The molecule has 1 unspecified atom stereocenters. The van der Waals surface area contributed by atoms with Gasteiger partial charge >= 0.3 is 5.97 Å². The van der Waals surface area contributed by atoms with E-state index >= 15 is 0 Å². The molecule has 0 amide bonds. The highest BCUT2D eigenvalue weighted by atomic mass is 16.4. The van der Waals surface area contributed by atoms with Gasteiger partial charge in [-0.05, 0) is 49.9 Å². The SMILES string of the molecule is Cc1cccc(C)c1N1CC(C(=O)O)N(c2c(C)cccc2C)C1=N. The van der Waals surface area contributed by atoms with Crippen molar-refractivity contribution in [2.75, 3.05) is 16.3 Å². The Hall–Kier alpha value is -2.82. The van der Waals surface area contributed by atoms with Crippen molar-refractivity contribution in [2.24, 2.45) is 0 Å². The van der Waals surface area contributed by atoms with Gasteiger partial charge in [0.05, 0.1) is 12.2 Å². The highest BCUT2D eigenvalue weighted by molar-refractivity contribution is 6.13. The van der Waals surface area contributed by atoms with Crippen molar-refractivity contribution in [1.82, 2.24) is 0 Å². The van der Waals surface area contributed by atoms with Gasteiger partial charge in [-0.25, -0.2) is 4.79 Å². The van der Waals surface area contributed by atoms with Gasteiger partial charge in [-0.1, -0.05) is 36.4 Å². The zero-order chi connectivity index (χ0) is 18.3. The number of rotatable bonds is 3. The minimum Gasteiger partial charge on any atom is -0.480 e. The van der Waals surface area contributed by atoms with E-state index in [1.807, 2.05) is 69.0 Å². The summed E-state index contributed by atoms with van der Waals surface area (Å²) in [5.41, 5.74) is 5.76. The fraction of sp³-hybridized carbons (Fsp3) is 0.300. The molecule has 1 aliphatic heterocycles. The van der Waals surface area contributed by atoms with E-state index in [4.69, 9.17) is 5.41 Å². The van der Waals surface area contributed by atoms with Gasteiger partial charge in [-0.3, -0.25) is 10.3 Å². The van der Waals surface area contributed by atoms with Crippen LogP contribution in [0.2, 0.25) is 0 Å². The second-order valence-electron chi connectivity index (χ2n) is 6.64. The first-order chi connectivity index (χ1) is 11.8. The first kappa shape index (κ1) is 17.0. The number of hydrogen-bond acceptors (Lipinski definition) is 2. The van der Waals surface area contributed by atoms with Crippen molar-refractivity contribution in [1.29, 1.82) is 5.41 Å². The number of guanidine groups is 1. The third-order valence-corrected chi connectivity index (χ3v) is 4.83. The molecule has 2 aromatic rings. The number of carboxylic acid groups (broad SMARTS) is 1. The molecule has 1 heterocycles. The molecule has 2 N–H and O–H groups in total. The van der Waals surface area contributed by atoms with E-state index in [2.05, 4.69) is 0 Å². The first-order valence-corrected chi connectivity index (χ1v) is 8.33. The van der Waals surface area contributed by atoms with Gasteiger partial charge in [0.25, 0.3) is 0 Å². The van der Waals surface area contributed by atoms with E-state index in [0.29, 0.717) is 0 Å². The third kappa shape index (κ3) is 2.76. The maximum Gasteiger partial charge on any atom is 0.328 e. The van der Waals surface area contributed by atoms with Gasteiger partial charge < -0.3 is 10.0 Å². The molecule has 0 aromatic heterocycles. The second kappa shape index (κ2) is 6.24. The lowest BCUT2D eigenvalue weighted by atomic mass is 10.1. The standard InChI is InChI=1S/C20H23N3O2/c1-12-7-5-8-13(2)17(12)22-11-16(19(24)25)23(20(22)21)18-14(3)9-6-10-15(18)4/h5-10,16,21H,11H2,1-4H3,(H,24,25). The zero-order valence-corrected chi connectivity index (χ0v) is 15.0. The van der Waals surface area contributed by atoms with Crippen LogP contribution < -0.4 is 9.80 Å². The molecule has 3 rings (SSSR count). The van der Waals surface area contributed by atoms with Gasteiger partial charge in [0.15, 0.2) is 6.04 Å². The normalized spacial score (nSPS) is 17.3. The summed E-state index contributed by atoms with van der Waals surface area (Å²) in [6, 6.07) is 11.0. The molecule has 5 heteroatoms. The molecule has 0 saturated carbocycles. The lowest BCUT2D eigenvalue weighted by Gasteiger charge is -2.27. The third-order valence-electron chi connectivity index (χ3n) is 4.83. The Balaban J connectivity index is 2.14. The summed E-state index contributed by atoms with van der Waals surface area (Å²) in [4.78, 5) is 15.4. The smallest absolute Gasteiger partial charge is 0.328 e. The van der Waals surface area contributed by atoms with Crippen LogP contribution in [0.25, 0.3) is 0 Å². The van der Waals surface area contributed by atoms with Gasteiger partial charge in [0.2, 0.25) is 5.96 Å².